The van der Waals surface area contributed by atoms with Crippen LogP contribution in [-0.2, 0) is 11.0 Å². The third kappa shape index (κ3) is 5.51. The van der Waals surface area contributed by atoms with Crippen LogP contribution >= 0.6 is 0 Å². The first-order valence-electron chi connectivity index (χ1n) is 9.16. The largest absolute Gasteiger partial charge is 0.454 e. The zero-order valence-corrected chi connectivity index (χ0v) is 16.4. The van der Waals surface area contributed by atoms with E-state index in [1.54, 1.807) is 0 Å². The number of benzene rings is 3. The Bertz CT molecular complexity index is 1160. The van der Waals surface area contributed by atoms with Crippen molar-refractivity contribution in [2.24, 2.45) is 0 Å². The average Bonchev–Trinajstić information content (AvgIpc) is 2.75. The maximum Gasteiger partial charge on any atom is 0.419 e. The summed E-state index contributed by atoms with van der Waals surface area (Å²) in [5.41, 5.74) is -0.267. The molecule has 0 aliphatic carbocycles. The molecular weight excluding hydrogens is 428 g/mol. The summed E-state index contributed by atoms with van der Waals surface area (Å²) in [5.74, 6) is -2.89. The predicted molar refractivity (Wildman–Crippen MR) is 111 cm³/mol. The third-order valence-electron chi connectivity index (χ3n) is 4.20. The van der Waals surface area contributed by atoms with Gasteiger partial charge in [0, 0.05) is 23.0 Å². The highest BCUT2D eigenvalue weighted by molar-refractivity contribution is 6.05. The molecule has 164 valence electrons. The van der Waals surface area contributed by atoms with Crippen molar-refractivity contribution in [2.45, 2.75) is 6.18 Å². The SMILES string of the molecule is C=CC(=O)Nc1ccc(C(=O)Nc2ccc(Oc3ccccc3C(F)(F)F)c(F)c2)cc1. The van der Waals surface area contributed by atoms with Crippen molar-refractivity contribution in [3.8, 4) is 11.5 Å². The topological polar surface area (TPSA) is 67.4 Å². The quantitative estimate of drug-likeness (QED) is 0.361. The van der Waals surface area contributed by atoms with Crippen molar-refractivity contribution in [1.29, 1.82) is 0 Å². The Balaban J connectivity index is 1.71. The lowest BCUT2D eigenvalue weighted by molar-refractivity contribution is -0.138. The number of hydrogen-bond acceptors (Lipinski definition) is 3. The number of alkyl halides is 3. The normalized spacial score (nSPS) is 10.9. The molecule has 2 amide bonds. The highest BCUT2D eigenvalue weighted by Crippen LogP contribution is 2.38. The van der Waals surface area contributed by atoms with E-state index < -0.39 is 40.9 Å². The molecule has 0 aliphatic rings. The molecule has 0 fully saturated rings. The van der Waals surface area contributed by atoms with Crippen LogP contribution < -0.4 is 15.4 Å². The second kappa shape index (κ2) is 9.34. The molecule has 0 aromatic heterocycles. The Morgan fingerprint density at radius 1 is 0.875 bits per heavy atom. The Hall–Kier alpha value is -4.14. The van der Waals surface area contributed by atoms with Crippen LogP contribution in [0.4, 0.5) is 28.9 Å². The van der Waals surface area contributed by atoms with Crippen molar-refractivity contribution in [2.75, 3.05) is 10.6 Å². The summed E-state index contributed by atoms with van der Waals surface area (Å²) in [7, 11) is 0. The van der Waals surface area contributed by atoms with E-state index in [0.717, 1.165) is 30.3 Å². The number of halogens is 4. The lowest BCUT2D eigenvalue weighted by atomic mass is 10.2. The molecule has 32 heavy (non-hydrogen) atoms. The summed E-state index contributed by atoms with van der Waals surface area (Å²) in [5, 5.41) is 5.01. The third-order valence-corrected chi connectivity index (χ3v) is 4.20. The Morgan fingerprint density at radius 2 is 1.53 bits per heavy atom. The van der Waals surface area contributed by atoms with Gasteiger partial charge < -0.3 is 15.4 Å². The number of amides is 2. The van der Waals surface area contributed by atoms with Crippen LogP contribution in [0, 0.1) is 5.82 Å². The molecule has 9 heteroatoms. The molecular formula is C23H16F4N2O3. The Morgan fingerprint density at radius 3 is 2.16 bits per heavy atom. The van der Waals surface area contributed by atoms with E-state index in [1.165, 1.54) is 42.5 Å². The van der Waals surface area contributed by atoms with Gasteiger partial charge in [0.1, 0.15) is 5.75 Å². The van der Waals surface area contributed by atoms with Gasteiger partial charge in [0.05, 0.1) is 5.56 Å². The van der Waals surface area contributed by atoms with E-state index in [4.69, 9.17) is 4.74 Å². The molecule has 0 aliphatic heterocycles. The second-order valence-corrected chi connectivity index (χ2v) is 6.47. The fourth-order valence-corrected chi connectivity index (χ4v) is 2.67. The standard InChI is InChI=1S/C23H16F4N2O3/c1-2-21(30)28-15-9-7-14(8-10-15)22(31)29-16-11-12-20(18(24)13-16)32-19-6-4-3-5-17(19)23(25,26)27/h2-13H,1H2,(H,28,30)(H,29,31). The van der Waals surface area contributed by atoms with Gasteiger partial charge in [-0.1, -0.05) is 18.7 Å². The van der Waals surface area contributed by atoms with Gasteiger partial charge in [0.15, 0.2) is 11.6 Å². The summed E-state index contributed by atoms with van der Waals surface area (Å²) in [6.45, 7) is 3.34. The maximum absolute atomic E-state index is 14.4. The van der Waals surface area contributed by atoms with Crippen LogP contribution in [0.3, 0.4) is 0 Å². The smallest absolute Gasteiger partial charge is 0.419 e. The summed E-state index contributed by atoms with van der Waals surface area (Å²) in [6.07, 6.45) is -3.56. The Labute approximate surface area is 180 Å². The molecule has 3 rings (SSSR count). The fraction of sp³-hybridized carbons (Fsp3) is 0.0435. The molecule has 2 N–H and O–H groups in total. The van der Waals surface area contributed by atoms with Gasteiger partial charge in [-0.25, -0.2) is 4.39 Å². The zero-order valence-electron chi connectivity index (χ0n) is 16.4. The van der Waals surface area contributed by atoms with Gasteiger partial charge in [-0.3, -0.25) is 9.59 Å². The molecule has 0 spiro atoms. The molecule has 5 nitrogen and oxygen atoms in total. The molecule has 0 saturated heterocycles. The first kappa shape index (κ1) is 22.5. The van der Waals surface area contributed by atoms with Crippen LogP contribution in [0.15, 0.2) is 79.4 Å². The van der Waals surface area contributed by atoms with Crippen molar-refractivity contribution in [3.63, 3.8) is 0 Å². The summed E-state index contributed by atoms with van der Waals surface area (Å²) >= 11 is 0. The average molecular weight is 444 g/mol. The number of rotatable bonds is 6. The summed E-state index contributed by atoms with van der Waals surface area (Å²) < 4.78 is 58.8. The highest BCUT2D eigenvalue weighted by atomic mass is 19.4. The first-order valence-corrected chi connectivity index (χ1v) is 9.16. The lowest BCUT2D eigenvalue weighted by Gasteiger charge is -2.14. The molecule has 0 saturated carbocycles. The highest BCUT2D eigenvalue weighted by Gasteiger charge is 2.34. The molecule has 0 bridgehead atoms. The predicted octanol–water partition coefficient (Wildman–Crippen LogP) is 6.01. The Kier molecular flexibility index (Phi) is 6.58. The molecule has 0 unspecified atom stereocenters. The molecule has 3 aromatic carbocycles. The molecule has 3 aromatic rings. The fourth-order valence-electron chi connectivity index (χ4n) is 2.67. The number of carbonyl (C=O) groups is 2. The maximum atomic E-state index is 14.4. The summed E-state index contributed by atoms with van der Waals surface area (Å²) in [6, 6.07) is 13.7. The molecule has 0 radical (unpaired) electrons. The van der Waals surface area contributed by atoms with E-state index in [2.05, 4.69) is 17.2 Å². The summed E-state index contributed by atoms with van der Waals surface area (Å²) in [4.78, 5) is 23.6. The van der Waals surface area contributed by atoms with Crippen LogP contribution in [0.25, 0.3) is 0 Å². The van der Waals surface area contributed by atoms with Crippen LogP contribution in [0.5, 0.6) is 11.5 Å². The minimum Gasteiger partial charge on any atom is -0.454 e. The molecule has 0 atom stereocenters. The monoisotopic (exact) mass is 444 g/mol. The van der Waals surface area contributed by atoms with Crippen molar-refractivity contribution in [3.05, 3.63) is 96.3 Å². The van der Waals surface area contributed by atoms with Gasteiger partial charge in [-0.05, 0) is 54.6 Å². The van der Waals surface area contributed by atoms with Gasteiger partial charge in [0.25, 0.3) is 5.91 Å². The number of anilines is 2. The van der Waals surface area contributed by atoms with E-state index in [9.17, 15) is 27.2 Å². The number of carbonyl (C=O) groups excluding carboxylic acids is 2. The van der Waals surface area contributed by atoms with E-state index in [-0.39, 0.29) is 11.3 Å². The van der Waals surface area contributed by atoms with Crippen molar-refractivity contribution < 1.29 is 31.9 Å². The number of nitrogens with one attached hydrogen (secondary N) is 2. The van der Waals surface area contributed by atoms with Gasteiger partial charge in [-0.15, -0.1) is 0 Å². The second-order valence-electron chi connectivity index (χ2n) is 6.47. The van der Waals surface area contributed by atoms with Crippen molar-refractivity contribution in [1.82, 2.24) is 0 Å². The first-order chi connectivity index (χ1) is 15.2. The minimum absolute atomic E-state index is 0.0768. The van der Waals surface area contributed by atoms with Crippen LogP contribution in [0.2, 0.25) is 0 Å². The van der Waals surface area contributed by atoms with Crippen molar-refractivity contribution >= 4 is 23.2 Å². The van der Waals surface area contributed by atoms with E-state index >= 15 is 0 Å². The zero-order chi connectivity index (χ0) is 23.3. The van der Waals surface area contributed by atoms with Crippen LogP contribution in [0.1, 0.15) is 15.9 Å². The number of para-hydroxylation sites is 1. The molecule has 0 heterocycles. The van der Waals surface area contributed by atoms with Gasteiger partial charge in [-0.2, -0.15) is 13.2 Å². The number of hydrogen-bond donors (Lipinski definition) is 2. The number of ether oxygens (including phenoxy) is 1. The van der Waals surface area contributed by atoms with Gasteiger partial charge in [0.2, 0.25) is 5.91 Å². The van der Waals surface area contributed by atoms with E-state index in [1.807, 2.05) is 0 Å². The van der Waals surface area contributed by atoms with Crippen LogP contribution in [-0.4, -0.2) is 11.8 Å². The van der Waals surface area contributed by atoms with E-state index in [0.29, 0.717) is 5.69 Å². The van der Waals surface area contributed by atoms with Gasteiger partial charge >= 0.3 is 6.18 Å². The lowest BCUT2D eigenvalue weighted by Crippen LogP contribution is -2.12. The minimum atomic E-state index is -4.66.